The lowest BCUT2D eigenvalue weighted by Crippen LogP contribution is -2.37. The second-order valence-electron chi connectivity index (χ2n) is 4.32. The SMILES string of the molecule is OC1(CNc2cc(Cl)nc3ncnn23)CCOC1. The van der Waals surface area contributed by atoms with E-state index < -0.39 is 5.60 Å². The molecule has 0 bridgehead atoms. The summed E-state index contributed by atoms with van der Waals surface area (Å²) in [6.45, 7) is 1.27. The maximum atomic E-state index is 10.2. The van der Waals surface area contributed by atoms with E-state index in [1.165, 1.54) is 10.8 Å². The first-order valence-corrected chi connectivity index (χ1v) is 5.94. The second-order valence-corrected chi connectivity index (χ2v) is 4.70. The van der Waals surface area contributed by atoms with E-state index in [-0.39, 0.29) is 0 Å². The monoisotopic (exact) mass is 269 g/mol. The van der Waals surface area contributed by atoms with Crippen LogP contribution in [0, 0.1) is 0 Å². The number of aliphatic hydroxyl groups is 1. The van der Waals surface area contributed by atoms with Gasteiger partial charge >= 0.3 is 0 Å². The zero-order valence-electron chi connectivity index (χ0n) is 9.51. The Morgan fingerprint density at radius 2 is 2.50 bits per heavy atom. The Balaban J connectivity index is 1.83. The van der Waals surface area contributed by atoms with Gasteiger partial charge in [-0.1, -0.05) is 11.6 Å². The van der Waals surface area contributed by atoms with Crippen LogP contribution in [0.2, 0.25) is 5.15 Å². The highest BCUT2D eigenvalue weighted by Gasteiger charge is 2.32. The van der Waals surface area contributed by atoms with Crippen molar-refractivity contribution in [3.05, 3.63) is 17.5 Å². The second kappa shape index (κ2) is 4.34. The maximum absolute atomic E-state index is 10.2. The van der Waals surface area contributed by atoms with Gasteiger partial charge < -0.3 is 15.2 Å². The molecule has 1 saturated heterocycles. The van der Waals surface area contributed by atoms with E-state index in [0.717, 1.165) is 0 Å². The molecule has 0 aromatic carbocycles. The summed E-state index contributed by atoms with van der Waals surface area (Å²) in [7, 11) is 0. The van der Waals surface area contributed by atoms with Gasteiger partial charge in [0.2, 0.25) is 0 Å². The molecule has 1 aliphatic heterocycles. The number of hydrogen-bond donors (Lipinski definition) is 2. The Bertz CT molecular complexity index is 566. The fourth-order valence-electron chi connectivity index (χ4n) is 1.90. The number of anilines is 1. The van der Waals surface area contributed by atoms with E-state index in [2.05, 4.69) is 20.4 Å². The Hall–Kier alpha value is -1.44. The average molecular weight is 270 g/mol. The highest BCUT2D eigenvalue weighted by Crippen LogP contribution is 2.20. The first-order valence-electron chi connectivity index (χ1n) is 5.57. The van der Waals surface area contributed by atoms with E-state index in [0.29, 0.717) is 42.9 Å². The third kappa shape index (κ3) is 2.12. The van der Waals surface area contributed by atoms with E-state index in [4.69, 9.17) is 16.3 Å². The molecular formula is C10H12ClN5O2. The van der Waals surface area contributed by atoms with Gasteiger partial charge in [-0.05, 0) is 0 Å². The number of nitrogens with zero attached hydrogens (tertiary/aromatic N) is 4. The summed E-state index contributed by atoms with van der Waals surface area (Å²) >= 11 is 5.89. The van der Waals surface area contributed by atoms with Crippen molar-refractivity contribution in [1.82, 2.24) is 19.6 Å². The first kappa shape index (κ1) is 11.6. The van der Waals surface area contributed by atoms with E-state index >= 15 is 0 Å². The number of ether oxygens (including phenoxy) is 1. The van der Waals surface area contributed by atoms with Gasteiger partial charge in [0, 0.05) is 25.6 Å². The molecule has 1 fully saturated rings. The third-order valence-corrected chi connectivity index (χ3v) is 3.10. The van der Waals surface area contributed by atoms with Crippen molar-refractivity contribution < 1.29 is 9.84 Å². The van der Waals surface area contributed by atoms with Crippen LogP contribution < -0.4 is 5.32 Å². The fraction of sp³-hybridized carbons (Fsp3) is 0.500. The molecular weight excluding hydrogens is 258 g/mol. The normalized spacial score (nSPS) is 23.7. The van der Waals surface area contributed by atoms with Crippen molar-refractivity contribution in [3.63, 3.8) is 0 Å². The van der Waals surface area contributed by atoms with Gasteiger partial charge in [-0.3, -0.25) is 0 Å². The van der Waals surface area contributed by atoms with Crippen molar-refractivity contribution in [2.24, 2.45) is 0 Å². The number of fused-ring (bicyclic) bond motifs is 1. The molecule has 2 aromatic rings. The van der Waals surface area contributed by atoms with Crippen LogP contribution in [0.25, 0.3) is 5.78 Å². The molecule has 3 rings (SSSR count). The summed E-state index contributed by atoms with van der Waals surface area (Å²) in [6, 6.07) is 1.64. The van der Waals surface area contributed by atoms with Crippen LogP contribution in [0.3, 0.4) is 0 Å². The summed E-state index contributed by atoms with van der Waals surface area (Å²) in [5.41, 5.74) is -0.845. The molecule has 8 heteroatoms. The molecule has 0 spiro atoms. The zero-order valence-corrected chi connectivity index (χ0v) is 10.3. The standard InChI is InChI=1S/C10H12ClN5O2/c11-7-3-8(16-9(15-7)13-6-14-16)12-4-10(17)1-2-18-5-10/h3,6,12,17H,1-2,4-5H2. The molecule has 0 aliphatic carbocycles. The number of aromatic nitrogens is 4. The molecule has 0 radical (unpaired) electrons. The number of rotatable bonds is 3. The van der Waals surface area contributed by atoms with Crippen LogP contribution in [0.1, 0.15) is 6.42 Å². The molecule has 96 valence electrons. The molecule has 7 nitrogen and oxygen atoms in total. The Morgan fingerprint density at radius 3 is 3.28 bits per heavy atom. The number of hydrogen-bond acceptors (Lipinski definition) is 6. The average Bonchev–Trinajstić information content (AvgIpc) is 2.95. The lowest BCUT2D eigenvalue weighted by Gasteiger charge is -2.21. The highest BCUT2D eigenvalue weighted by atomic mass is 35.5. The Morgan fingerprint density at radius 1 is 1.61 bits per heavy atom. The topological polar surface area (TPSA) is 84.6 Å². The molecule has 2 N–H and O–H groups in total. The van der Waals surface area contributed by atoms with Crippen LogP contribution >= 0.6 is 11.6 Å². The Kier molecular flexibility index (Phi) is 2.81. The van der Waals surface area contributed by atoms with Crippen LogP contribution in [-0.2, 0) is 4.74 Å². The molecule has 1 aliphatic rings. The Labute approximate surface area is 108 Å². The van der Waals surface area contributed by atoms with Crippen molar-refractivity contribution in [1.29, 1.82) is 0 Å². The van der Waals surface area contributed by atoms with Crippen molar-refractivity contribution in [3.8, 4) is 0 Å². The fourth-order valence-corrected chi connectivity index (χ4v) is 2.08. The maximum Gasteiger partial charge on any atom is 0.255 e. The highest BCUT2D eigenvalue weighted by molar-refractivity contribution is 6.29. The lowest BCUT2D eigenvalue weighted by molar-refractivity contribution is 0.0381. The van der Waals surface area contributed by atoms with E-state index in [1.54, 1.807) is 6.07 Å². The van der Waals surface area contributed by atoms with Gasteiger partial charge in [-0.2, -0.15) is 19.6 Å². The van der Waals surface area contributed by atoms with Crippen LogP contribution in [0.15, 0.2) is 12.4 Å². The summed E-state index contributed by atoms with van der Waals surface area (Å²) in [6.07, 6.45) is 2.01. The lowest BCUT2D eigenvalue weighted by atomic mass is 10.0. The molecule has 0 saturated carbocycles. The minimum Gasteiger partial charge on any atom is -0.386 e. The predicted molar refractivity (Wildman–Crippen MR) is 64.7 cm³/mol. The largest absolute Gasteiger partial charge is 0.386 e. The van der Waals surface area contributed by atoms with Gasteiger partial charge in [0.1, 0.15) is 22.9 Å². The van der Waals surface area contributed by atoms with Gasteiger partial charge in [0.25, 0.3) is 5.78 Å². The summed E-state index contributed by atoms with van der Waals surface area (Å²) in [4.78, 5) is 7.99. The summed E-state index contributed by atoms with van der Waals surface area (Å²) < 4.78 is 6.71. The van der Waals surface area contributed by atoms with E-state index in [9.17, 15) is 5.11 Å². The van der Waals surface area contributed by atoms with Gasteiger partial charge in [0.15, 0.2) is 0 Å². The molecule has 1 unspecified atom stereocenters. The van der Waals surface area contributed by atoms with E-state index in [1.807, 2.05) is 0 Å². The van der Waals surface area contributed by atoms with Gasteiger partial charge in [-0.15, -0.1) is 0 Å². The minimum atomic E-state index is -0.845. The van der Waals surface area contributed by atoms with Crippen LogP contribution in [-0.4, -0.2) is 50.0 Å². The van der Waals surface area contributed by atoms with Gasteiger partial charge in [0.05, 0.1) is 6.61 Å². The van der Waals surface area contributed by atoms with Gasteiger partial charge in [-0.25, -0.2) is 0 Å². The number of nitrogens with one attached hydrogen (secondary N) is 1. The van der Waals surface area contributed by atoms with Crippen LogP contribution in [0.5, 0.6) is 0 Å². The van der Waals surface area contributed by atoms with Crippen molar-refractivity contribution >= 4 is 23.2 Å². The summed E-state index contributed by atoms with van der Waals surface area (Å²) in [5, 5.41) is 17.6. The predicted octanol–water partition coefficient (Wildman–Crippen LogP) is 0.341. The smallest absolute Gasteiger partial charge is 0.255 e. The minimum absolute atomic E-state index is 0.327. The zero-order chi connectivity index (χ0) is 12.6. The van der Waals surface area contributed by atoms with Crippen molar-refractivity contribution in [2.75, 3.05) is 25.1 Å². The molecule has 1 atom stereocenters. The quantitative estimate of drug-likeness (QED) is 0.782. The summed E-state index contributed by atoms with van der Waals surface area (Å²) in [5.74, 6) is 1.06. The molecule has 0 amide bonds. The molecule has 3 heterocycles. The molecule has 2 aromatic heterocycles. The number of halogens is 1. The molecule has 18 heavy (non-hydrogen) atoms. The van der Waals surface area contributed by atoms with Crippen LogP contribution in [0.4, 0.5) is 5.82 Å². The van der Waals surface area contributed by atoms with Crippen molar-refractivity contribution in [2.45, 2.75) is 12.0 Å². The first-order chi connectivity index (χ1) is 8.66. The third-order valence-electron chi connectivity index (χ3n) is 2.90.